The van der Waals surface area contributed by atoms with Crippen LogP contribution in [0.15, 0.2) is 35.3 Å². The Kier molecular flexibility index (Phi) is 3.12. The SMILES string of the molecule is Cn1ncc(C#N)c1NCc1n[nH]c(=O)c2ccccc12. The summed E-state index contributed by atoms with van der Waals surface area (Å²) in [5.41, 5.74) is 0.953. The van der Waals surface area contributed by atoms with Crippen LogP contribution in [0, 0.1) is 11.3 Å². The number of H-pyrrole nitrogens is 1. The number of hydrogen-bond acceptors (Lipinski definition) is 5. The van der Waals surface area contributed by atoms with Crippen LogP contribution in [0.1, 0.15) is 11.3 Å². The molecule has 0 bridgehead atoms. The van der Waals surface area contributed by atoms with E-state index in [9.17, 15) is 4.79 Å². The lowest BCUT2D eigenvalue weighted by Crippen LogP contribution is -2.14. The van der Waals surface area contributed by atoms with E-state index in [1.807, 2.05) is 18.2 Å². The number of benzene rings is 1. The first-order valence-corrected chi connectivity index (χ1v) is 6.33. The average molecular weight is 280 g/mol. The van der Waals surface area contributed by atoms with Crippen LogP contribution in [-0.2, 0) is 13.6 Å². The minimum atomic E-state index is -0.215. The van der Waals surface area contributed by atoms with Gasteiger partial charge in [0.25, 0.3) is 5.56 Å². The summed E-state index contributed by atoms with van der Waals surface area (Å²) in [5, 5.41) is 24.1. The molecular weight excluding hydrogens is 268 g/mol. The molecule has 0 atom stereocenters. The van der Waals surface area contributed by atoms with E-state index in [-0.39, 0.29) is 5.56 Å². The third kappa shape index (κ3) is 2.23. The molecule has 0 spiro atoms. The summed E-state index contributed by atoms with van der Waals surface area (Å²) in [6.07, 6.45) is 1.50. The first kappa shape index (κ1) is 12.9. The number of hydrogen-bond donors (Lipinski definition) is 2. The van der Waals surface area contributed by atoms with Gasteiger partial charge in [0.15, 0.2) is 0 Å². The van der Waals surface area contributed by atoms with Gasteiger partial charge in [-0.1, -0.05) is 18.2 Å². The zero-order valence-electron chi connectivity index (χ0n) is 11.3. The number of nitrogens with zero attached hydrogens (tertiary/aromatic N) is 4. The fraction of sp³-hybridized carbons (Fsp3) is 0.143. The van der Waals surface area contributed by atoms with Gasteiger partial charge < -0.3 is 5.32 Å². The maximum absolute atomic E-state index is 11.7. The highest BCUT2D eigenvalue weighted by molar-refractivity contribution is 5.83. The van der Waals surface area contributed by atoms with Crippen LogP contribution in [0.3, 0.4) is 0 Å². The van der Waals surface area contributed by atoms with Gasteiger partial charge in [-0.3, -0.25) is 9.48 Å². The molecule has 104 valence electrons. The lowest BCUT2D eigenvalue weighted by molar-refractivity contribution is 0.766. The van der Waals surface area contributed by atoms with E-state index in [0.29, 0.717) is 29.0 Å². The van der Waals surface area contributed by atoms with Crippen LogP contribution in [0.25, 0.3) is 10.8 Å². The summed E-state index contributed by atoms with van der Waals surface area (Å²) in [7, 11) is 1.75. The molecule has 0 saturated carbocycles. The first-order valence-electron chi connectivity index (χ1n) is 6.33. The van der Waals surface area contributed by atoms with Crippen molar-refractivity contribution in [1.29, 1.82) is 5.26 Å². The predicted molar refractivity (Wildman–Crippen MR) is 77.6 cm³/mol. The maximum atomic E-state index is 11.7. The number of fused-ring (bicyclic) bond motifs is 1. The van der Waals surface area contributed by atoms with Crippen LogP contribution in [0.5, 0.6) is 0 Å². The van der Waals surface area contributed by atoms with Gasteiger partial charge in [-0.25, -0.2) is 5.10 Å². The lowest BCUT2D eigenvalue weighted by Gasteiger charge is -2.08. The Labute approximate surface area is 119 Å². The van der Waals surface area contributed by atoms with E-state index in [1.54, 1.807) is 17.8 Å². The Morgan fingerprint density at radius 1 is 1.38 bits per heavy atom. The molecule has 2 N–H and O–H groups in total. The first-order chi connectivity index (χ1) is 10.2. The Balaban J connectivity index is 1.96. The molecule has 0 saturated heterocycles. The van der Waals surface area contributed by atoms with E-state index >= 15 is 0 Å². The largest absolute Gasteiger partial charge is 0.363 e. The molecule has 7 nitrogen and oxygen atoms in total. The second-order valence-corrected chi connectivity index (χ2v) is 4.54. The van der Waals surface area contributed by atoms with Gasteiger partial charge in [0, 0.05) is 12.4 Å². The smallest absolute Gasteiger partial charge is 0.272 e. The Hall–Kier alpha value is -3.14. The van der Waals surface area contributed by atoms with Gasteiger partial charge >= 0.3 is 0 Å². The summed E-state index contributed by atoms with van der Waals surface area (Å²) in [6, 6.07) is 9.35. The molecule has 0 aliphatic heterocycles. The van der Waals surface area contributed by atoms with Gasteiger partial charge in [-0.05, 0) is 6.07 Å². The normalized spacial score (nSPS) is 10.5. The molecule has 1 aromatic carbocycles. The van der Waals surface area contributed by atoms with E-state index in [2.05, 4.69) is 26.7 Å². The molecule has 0 radical (unpaired) electrons. The summed E-state index contributed by atoms with van der Waals surface area (Å²) in [5.74, 6) is 0.620. The highest BCUT2D eigenvalue weighted by atomic mass is 16.1. The minimum absolute atomic E-state index is 0.215. The maximum Gasteiger partial charge on any atom is 0.272 e. The summed E-state index contributed by atoms with van der Waals surface area (Å²) >= 11 is 0. The molecule has 3 rings (SSSR count). The van der Waals surface area contributed by atoms with Gasteiger partial charge in [0.1, 0.15) is 17.5 Å². The van der Waals surface area contributed by atoms with E-state index in [4.69, 9.17) is 5.26 Å². The standard InChI is InChI=1S/C14H12N6O/c1-20-13(9(6-15)7-17-20)16-8-12-10-4-2-3-5-11(10)14(21)19-18-12/h2-5,7,16H,8H2,1H3,(H,19,21). The number of nitriles is 1. The van der Waals surface area contributed by atoms with Crippen molar-refractivity contribution in [2.75, 3.05) is 5.32 Å². The summed E-state index contributed by atoms with van der Waals surface area (Å²) in [6.45, 7) is 0.380. The van der Waals surface area contributed by atoms with E-state index in [0.717, 1.165) is 5.39 Å². The molecule has 21 heavy (non-hydrogen) atoms. The number of aromatic nitrogens is 4. The minimum Gasteiger partial charge on any atom is -0.363 e. The van der Waals surface area contributed by atoms with Gasteiger partial charge in [-0.15, -0.1) is 0 Å². The second-order valence-electron chi connectivity index (χ2n) is 4.54. The Morgan fingerprint density at radius 2 is 2.14 bits per heavy atom. The van der Waals surface area contributed by atoms with Crippen molar-refractivity contribution >= 4 is 16.6 Å². The number of aromatic amines is 1. The van der Waals surface area contributed by atoms with Crippen molar-refractivity contribution in [2.45, 2.75) is 6.54 Å². The number of rotatable bonds is 3. The van der Waals surface area contributed by atoms with Gasteiger partial charge in [-0.2, -0.15) is 15.5 Å². The predicted octanol–water partition coefficient (Wildman–Crippen LogP) is 1.14. The van der Waals surface area contributed by atoms with Crippen molar-refractivity contribution in [1.82, 2.24) is 20.0 Å². The molecular formula is C14H12N6O. The fourth-order valence-electron chi connectivity index (χ4n) is 2.20. The van der Waals surface area contributed by atoms with Gasteiger partial charge in [0.2, 0.25) is 0 Å². The summed E-state index contributed by atoms with van der Waals surface area (Å²) < 4.78 is 1.59. The lowest BCUT2D eigenvalue weighted by atomic mass is 10.1. The number of nitrogens with one attached hydrogen (secondary N) is 2. The van der Waals surface area contributed by atoms with Crippen LogP contribution in [0.2, 0.25) is 0 Å². The van der Waals surface area contributed by atoms with E-state index < -0.39 is 0 Å². The fourth-order valence-corrected chi connectivity index (χ4v) is 2.20. The quantitative estimate of drug-likeness (QED) is 0.749. The molecule has 2 heterocycles. The van der Waals surface area contributed by atoms with Crippen LogP contribution in [-0.4, -0.2) is 20.0 Å². The highest BCUT2D eigenvalue weighted by Gasteiger charge is 2.10. The van der Waals surface area contributed by atoms with Crippen LogP contribution < -0.4 is 10.9 Å². The molecule has 0 aliphatic carbocycles. The van der Waals surface area contributed by atoms with Gasteiger partial charge in [0.05, 0.1) is 23.8 Å². The van der Waals surface area contributed by atoms with Crippen molar-refractivity contribution in [3.05, 3.63) is 52.1 Å². The third-order valence-corrected chi connectivity index (χ3v) is 3.26. The zero-order chi connectivity index (χ0) is 14.8. The van der Waals surface area contributed by atoms with Crippen LogP contribution >= 0.6 is 0 Å². The molecule has 3 aromatic rings. The van der Waals surface area contributed by atoms with E-state index in [1.165, 1.54) is 6.20 Å². The molecule has 0 aliphatic rings. The number of aryl methyl sites for hydroxylation is 1. The topological polar surface area (TPSA) is 99.4 Å². The number of anilines is 1. The van der Waals surface area contributed by atoms with Crippen LogP contribution in [0.4, 0.5) is 5.82 Å². The third-order valence-electron chi connectivity index (χ3n) is 3.26. The molecule has 2 aromatic heterocycles. The zero-order valence-corrected chi connectivity index (χ0v) is 11.3. The molecule has 0 unspecified atom stereocenters. The summed E-state index contributed by atoms with van der Waals surface area (Å²) in [4.78, 5) is 11.7. The van der Waals surface area contributed by atoms with Crippen molar-refractivity contribution in [3.8, 4) is 6.07 Å². The molecule has 0 fully saturated rings. The second kappa shape index (κ2) is 5.09. The average Bonchev–Trinajstić information content (AvgIpc) is 2.87. The molecule has 7 heteroatoms. The monoisotopic (exact) mass is 280 g/mol. The molecule has 0 amide bonds. The highest BCUT2D eigenvalue weighted by Crippen LogP contribution is 2.16. The van der Waals surface area contributed by atoms with Crippen molar-refractivity contribution in [2.24, 2.45) is 7.05 Å². The van der Waals surface area contributed by atoms with Crippen molar-refractivity contribution < 1.29 is 0 Å². The Bertz CT molecular complexity index is 902. The van der Waals surface area contributed by atoms with Crippen molar-refractivity contribution in [3.63, 3.8) is 0 Å². The Morgan fingerprint density at radius 3 is 2.90 bits per heavy atom.